The van der Waals surface area contributed by atoms with Gasteiger partial charge in [0.1, 0.15) is 6.61 Å². The van der Waals surface area contributed by atoms with Crippen LogP contribution in [0.2, 0.25) is 0 Å². The third-order valence-corrected chi connectivity index (χ3v) is 2.60. The number of allylic oxidation sites excluding steroid dienone is 2. The van der Waals surface area contributed by atoms with E-state index in [4.69, 9.17) is 4.74 Å². The summed E-state index contributed by atoms with van der Waals surface area (Å²) in [5.74, 6) is 0. The van der Waals surface area contributed by atoms with E-state index in [1.807, 2.05) is 6.26 Å². The van der Waals surface area contributed by atoms with Crippen molar-refractivity contribution in [2.75, 3.05) is 6.61 Å². The maximum Gasteiger partial charge on any atom is 0.110 e. The summed E-state index contributed by atoms with van der Waals surface area (Å²) in [7, 11) is 0. The van der Waals surface area contributed by atoms with Crippen molar-refractivity contribution in [3.05, 3.63) is 23.5 Å². The van der Waals surface area contributed by atoms with Crippen molar-refractivity contribution in [2.45, 2.75) is 41.5 Å². The smallest absolute Gasteiger partial charge is 0.110 e. The van der Waals surface area contributed by atoms with E-state index in [0.29, 0.717) is 0 Å². The van der Waals surface area contributed by atoms with Gasteiger partial charge in [-0.1, -0.05) is 41.5 Å². The van der Waals surface area contributed by atoms with Crippen LogP contribution in [0.4, 0.5) is 0 Å². The Labute approximate surface area is 87.8 Å². The topological polar surface area (TPSA) is 9.23 Å². The molecule has 1 aliphatic rings. The number of ether oxygens (including phenoxy) is 1. The highest BCUT2D eigenvalue weighted by Gasteiger charge is 2.28. The summed E-state index contributed by atoms with van der Waals surface area (Å²) < 4.78 is 5.40. The molecule has 0 aliphatic carbocycles. The molecule has 0 N–H and O–H groups in total. The van der Waals surface area contributed by atoms with Crippen LogP contribution in [0.3, 0.4) is 0 Å². The fourth-order valence-electron chi connectivity index (χ4n) is 1.75. The first kappa shape index (κ1) is 11.4. The molecule has 0 unspecified atom stereocenters. The maximum atomic E-state index is 5.40. The van der Waals surface area contributed by atoms with E-state index < -0.39 is 0 Å². The van der Waals surface area contributed by atoms with Gasteiger partial charge in [-0.3, -0.25) is 0 Å². The van der Waals surface area contributed by atoms with Crippen molar-refractivity contribution in [2.24, 2.45) is 10.8 Å². The summed E-state index contributed by atoms with van der Waals surface area (Å²) in [4.78, 5) is 0. The second-order valence-corrected chi connectivity index (χ2v) is 6.01. The quantitative estimate of drug-likeness (QED) is 0.568. The summed E-state index contributed by atoms with van der Waals surface area (Å²) in [6.45, 7) is 14.2. The van der Waals surface area contributed by atoms with E-state index in [9.17, 15) is 0 Å². The Balaban J connectivity index is 3.18. The Bertz CT molecular complexity index is 269. The van der Waals surface area contributed by atoms with Gasteiger partial charge in [0.2, 0.25) is 0 Å². The van der Waals surface area contributed by atoms with Gasteiger partial charge in [-0.25, -0.2) is 0 Å². The van der Waals surface area contributed by atoms with Crippen molar-refractivity contribution in [3.8, 4) is 0 Å². The van der Waals surface area contributed by atoms with E-state index in [2.05, 4.69) is 47.6 Å². The number of hydrogen-bond donors (Lipinski definition) is 0. The Morgan fingerprint density at radius 3 is 1.93 bits per heavy atom. The molecular formula is C13H22O. The van der Waals surface area contributed by atoms with Crippen molar-refractivity contribution in [1.82, 2.24) is 0 Å². The highest BCUT2D eigenvalue weighted by Crippen LogP contribution is 2.38. The lowest BCUT2D eigenvalue weighted by Crippen LogP contribution is -2.23. The van der Waals surface area contributed by atoms with Gasteiger partial charge in [-0.15, -0.1) is 0 Å². The van der Waals surface area contributed by atoms with Crippen LogP contribution in [0.1, 0.15) is 41.5 Å². The Hall–Kier alpha value is -0.720. The predicted octanol–water partition coefficient (Wildman–Crippen LogP) is 3.92. The lowest BCUT2D eigenvalue weighted by atomic mass is 9.75. The molecule has 0 bridgehead atoms. The van der Waals surface area contributed by atoms with Crippen LogP contribution in [-0.2, 0) is 4.74 Å². The van der Waals surface area contributed by atoms with Gasteiger partial charge in [0.05, 0.1) is 6.26 Å². The largest absolute Gasteiger partial charge is 0.497 e. The van der Waals surface area contributed by atoms with Crippen LogP contribution in [0.15, 0.2) is 23.5 Å². The van der Waals surface area contributed by atoms with Gasteiger partial charge in [-0.05, 0) is 28.1 Å². The molecule has 0 atom stereocenters. The minimum Gasteiger partial charge on any atom is -0.497 e. The zero-order valence-electron chi connectivity index (χ0n) is 10.3. The van der Waals surface area contributed by atoms with Gasteiger partial charge < -0.3 is 4.74 Å². The molecule has 1 heteroatoms. The minimum absolute atomic E-state index is 0.202. The molecule has 80 valence electrons. The zero-order valence-corrected chi connectivity index (χ0v) is 10.3. The summed E-state index contributed by atoms with van der Waals surface area (Å²) >= 11 is 0. The van der Waals surface area contributed by atoms with Crippen LogP contribution in [-0.4, -0.2) is 6.61 Å². The maximum absolute atomic E-state index is 5.40. The molecule has 1 heterocycles. The summed E-state index contributed by atoms with van der Waals surface area (Å²) in [5, 5.41) is 0. The average Bonchev–Trinajstić information content (AvgIpc) is 2.01. The third-order valence-electron chi connectivity index (χ3n) is 2.60. The molecule has 0 radical (unpaired) electrons. The van der Waals surface area contributed by atoms with Crippen LogP contribution < -0.4 is 0 Å². The third kappa shape index (κ3) is 2.40. The fraction of sp³-hybridized carbons (Fsp3) is 0.692. The highest BCUT2D eigenvalue weighted by atomic mass is 16.5. The zero-order chi connectivity index (χ0) is 11.0. The Morgan fingerprint density at radius 1 is 1.00 bits per heavy atom. The van der Waals surface area contributed by atoms with Gasteiger partial charge in [0, 0.05) is 0 Å². The first-order valence-corrected chi connectivity index (χ1v) is 5.25. The predicted molar refractivity (Wildman–Crippen MR) is 61.0 cm³/mol. The summed E-state index contributed by atoms with van der Waals surface area (Å²) in [6.07, 6.45) is 3.93. The summed E-state index contributed by atoms with van der Waals surface area (Å²) in [6, 6.07) is 0. The van der Waals surface area contributed by atoms with Crippen molar-refractivity contribution >= 4 is 0 Å². The SMILES string of the molecule is CC(C)(C)C1=C(C(C)(C)C)COC=C1. The molecule has 0 fully saturated rings. The van der Waals surface area contributed by atoms with Gasteiger partial charge in [0.25, 0.3) is 0 Å². The lowest BCUT2D eigenvalue weighted by molar-refractivity contribution is 0.240. The molecule has 0 saturated carbocycles. The van der Waals surface area contributed by atoms with Crippen molar-refractivity contribution in [3.63, 3.8) is 0 Å². The molecule has 1 rings (SSSR count). The molecule has 0 saturated heterocycles. The molecule has 0 spiro atoms. The van der Waals surface area contributed by atoms with Crippen LogP contribution in [0.25, 0.3) is 0 Å². The van der Waals surface area contributed by atoms with Gasteiger partial charge in [-0.2, -0.15) is 0 Å². The second-order valence-electron chi connectivity index (χ2n) is 6.01. The summed E-state index contributed by atoms with van der Waals surface area (Å²) in [5.41, 5.74) is 3.26. The molecule has 0 aromatic rings. The number of rotatable bonds is 0. The van der Waals surface area contributed by atoms with E-state index in [1.54, 1.807) is 0 Å². The molecule has 1 aliphatic heterocycles. The van der Waals surface area contributed by atoms with Crippen molar-refractivity contribution in [1.29, 1.82) is 0 Å². The first-order chi connectivity index (χ1) is 6.23. The molecule has 14 heavy (non-hydrogen) atoms. The second kappa shape index (κ2) is 3.45. The average molecular weight is 194 g/mol. The van der Waals surface area contributed by atoms with E-state index in [0.717, 1.165) is 6.61 Å². The standard InChI is InChI=1S/C13H22O/c1-12(2,3)10-7-8-14-9-11(10)13(4,5)6/h7-8H,9H2,1-6H3. The van der Waals surface area contributed by atoms with Crippen molar-refractivity contribution < 1.29 is 4.74 Å². The van der Waals surface area contributed by atoms with E-state index in [1.165, 1.54) is 11.1 Å². The highest BCUT2D eigenvalue weighted by molar-refractivity contribution is 5.35. The number of hydrogen-bond acceptors (Lipinski definition) is 1. The Kier molecular flexibility index (Phi) is 2.80. The van der Waals surface area contributed by atoms with Crippen LogP contribution in [0.5, 0.6) is 0 Å². The van der Waals surface area contributed by atoms with Gasteiger partial charge >= 0.3 is 0 Å². The van der Waals surface area contributed by atoms with Crippen LogP contribution in [0, 0.1) is 10.8 Å². The van der Waals surface area contributed by atoms with E-state index >= 15 is 0 Å². The minimum atomic E-state index is 0.202. The molecule has 0 aromatic heterocycles. The van der Waals surface area contributed by atoms with Crippen LogP contribution >= 0.6 is 0 Å². The monoisotopic (exact) mass is 194 g/mol. The van der Waals surface area contributed by atoms with E-state index in [-0.39, 0.29) is 10.8 Å². The fourth-order valence-corrected chi connectivity index (χ4v) is 1.75. The first-order valence-electron chi connectivity index (χ1n) is 5.25. The molecule has 0 aromatic carbocycles. The Morgan fingerprint density at radius 2 is 1.57 bits per heavy atom. The normalized spacial score (nSPS) is 18.4. The lowest BCUT2D eigenvalue weighted by Gasteiger charge is -2.33. The van der Waals surface area contributed by atoms with Gasteiger partial charge in [0.15, 0.2) is 0 Å². The molecule has 0 amide bonds. The molecule has 1 nitrogen and oxygen atoms in total. The molecular weight excluding hydrogens is 172 g/mol.